The van der Waals surface area contributed by atoms with Crippen molar-refractivity contribution in [3.8, 4) is 0 Å². The van der Waals surface area contributed by atoms with Crippen LogP contribution in [0.25, 0.3) is 0 Å². The predicted molar refractivity (Wildman–Crippen MR) is 64.4 cm³/mol. The minimum Gasteiger partial charge on any atom is -0.381 e. The minimum absolute atomic E-state index is 0.101. The summed E-state index contributed by atoms with van der Waals surface area (Å²) in [6, 6.07) is 1.89. The summed E-state index contributed by atoms with van der Waals surface area (Å²) in [5.74, 6) is 1.25. The fraction of sp³-hybridized carbons (Fsp3) is 0.786. The van der Waals surface area contributed by atoms with Gasteiger partial charge in [0.25, 0.3) is 0 Å². The first kappa shape index (κ1) is 11.3. The highest BCUT2D eigenvalue weighted by Crippen LogP contribution is 2.72. The van der Waals surface area contributed by atoms with Gasteiger partial charge in [-0.1, -0.05) is 25.9 Å². The SMILES string of the molecule is Cc1cc([C@@]2(O)C[C@H]3CC[C@]2(C)C3(C)C)on1. The van der Waals surface area contributed by atoms with Crippen LogP contribution in [0.15, 0.2) is 10.6 Å². The second kappa shape index (κ2) is 2.94. The third-order valence-electron chi connectivity index (χ3n) is 5.93. The molecule has 0 aromatic carbocycles. The van der Waals surface area contributed by atoms with Crippen LogP contribution in [0.5, 0.6) is 0 Å². The van der Waals surface area contributed by atoms with E-state index in [0.29, 0.717) is 11.7 Å². The molecule has 17 heavy (non-hydrogen) atoms. The molecule has 1 aromatic rings. The van der Waals surface area contributed by atoms with Crippen molar-refractivity contribution in [1.82, 2.24) is 5.16 Å². The second-order valence-electron chi connectivity index (χ2n) is 6.69. The van der Waals surface area contributed by atoms with Gasteiger partial charge >= 0.3 is 0 Å². The van der Waals surface area contributed by atoms with Gasteiger partial charge in [0.05, 0.1) is 5.69 Å². The van der Waals surface area contributed by atoms with Crippen molar-refractivity contribution >= 4 is 0 Å². The van der Waals surface area contributed by atoms with Gasteiger partial charge < -0.3 is 9.63 Å². The molecule has 3 rings (SSSR count). The van der Waals surface area contributed by atoms with E-state index in [1.807, 2.05) is 13.0 Å². The number of nitrogens with zero attached hydrogens (tertiary/aromatic N) is 1. The molecule has 3 heteroatoms. The van der Waals surface area contributed by atoms with Gasteiger partial charge in [0.15, 0.2) is 5.76 Å². The molecule has 0 radical (unpaired) electrons. The highest BCUT2D eigenvalue weighted by Gasteiger charge is 2.70. The number of fused-ring (bicyclic) bond motifs is 2. The summed E-state index contributed by atoms with van der Waals surface area (Å²) in [7, 11) is 0. The molecule has 2 aliphatic rings. The molecule has 2 bridgehead atoms. The van der Waals surface area contributed by atoms with Crippen LogP contribution in [0.1, 0.15) is 51.5 Å². The van der Waals surface area contributed by atoms with Crippen molar-refractivity contribution in [2.45, 2.75) is 52.6 Å². The summed E-state index contributed by atoms with van der Waals surface area (Å²) < 4.78 is 5.36. The second-order valence-corrected chi connectivity index (χ2v) is 6.69. The fourth-order valence-electron chi connectivity index (χ4n) is 4.21. The van der Waals surface area contributed by atoms with Crippen molar-refractivity contribution in [3.63, 3.8) is 0 Å². The average Bonchev–Trinajstić information content (AvgIpc) is 2.80. The summed E-state index contributed by atoms with van der Waals surface area (Å²) >= 11 is 0. The van der Waals surface area contributed by atoms with E-state index in [0.717, 1.165) is 18.5 Å². The van der Waals surface area contributed by atoms with E-state index in [1.165, 1.54) is 6.42 Å². The van der Waals surface area contributed by atoms with Crippen LogP contribution in [0.4, 0.5) is 0 Å². The van der Waals surface area contributed by atoms with E-state index in [1.54, 1.807) is 0 Å². The Kier molecular flexibility index (Phi) is 1.95. The zero-order chi connectivity index (χ0) is 12.5. The molecule has 1 heterocycles. The quantitative estimate of drug-likeness (QED) is 0.814. The van der Waals surface area contributed by atoms with Gasteiger partial charge in [-0.2, -0.15) is 0 Å². The van der Waals surface area contributed by atoms with Crippen LogP contribution in [0.2, 0.25) is 0 Å². The summed E-state index contributed by atoms with van der Waals surface area (Å²) in [4.78, 5) is 0. The smallest absolute Gasteiger partial charge is 0.169 e. The first-order valence-electron chi connectivity index (χ1n) is 6.47. The Labute approximate surface area is 102 Å². The molecule has 1 aromatic heterocycles. The predicted octanol–water partition coefficient (Wildman–Crippen LogP) is 3.02. The number of hydrogen-bond donors (Lipinski definition) is 1. The Morgan fingerprint density at radius 1 is 1.41 bits per heavy atom. The van der Waals surface area contributed by atoms with E-state index in [4.69, 9.17) is 4.52 Å². The third-order valence-corrected chi connectivity index (χ3v) is 5.93. The number of aliphatic hydroxyl groups is 1. The molecule has 2 saturated carbocycles. The maximum Gasteiger partial charge on any atom is 0.169 e. The molecule has 3 nitrogen and oxygen atoms in total. The number of hydrogen-bond acceptors (Lipinski definition) is 3. The zero-order valence-electron chi connectivity index (χ0n) is 11.1. The number of aryl methyl sites for hydroxylation is 1. The van der Waals surface area contributed by atoms with E-state index in [9.17, 15) is 5.11 Å². The number of aromatic nitrogens is 1. The average molecular weight is 235 g/mol. The summed E-state index contributed by atoms with van der Waals surface area (Å²) in [6.45, 7) is 8.67. The van der Waals surface area contributed by atoms with Gasteiger partial charge in [-0.05, 0) is 37.5 Å². The van der Waals surface area contributed by atoms with Crippen LogP contribution >= 0.6 is 0 Å². The molecule has 0 saturated heterocycles. The largest absolute Gasteiger partial charge is 0.381 e. The molecular formula is C14H21NO2. The summed E-state index contributed by atoms with van der Waals surface area (Å²) in [6.07, 6.45) is 3.10. The lowest BCUT2D eigenvalue weighted by molar-refractivity contribution is -0.112. The summed E-state index contributed by atoms with van der Waals surface area (Å²) in [5, 5.41) is 15.1. The lowest BCUT2D eigenvalue weighted by atomic mass is 9.63. The molecule has 2 aliphatic carbocycles. The zero-order valence-corrected chi connectivity index (χ0v) is 11.1. The van der Waals surface area contributed by atoms with Crippen molar-refractivity contribution in [2.24, 2.45) is 16.7 Å². The van der Waals surface area contributed by atoms with Gasteiger partial charge in [-0.15, -0.1) is 0 Å². The third kappa shape index (κ3) is 1.09. The Hall–Kier alpha value is -0.830. The topological polar surface area (TPSA) is 46.3 Å². The van der Waals surface area contributed by atoms with Crippen molar-refractivity contribution in [3.05, 3.63) is 17.5 Å². The molecule has 0 amide bonds. The molecular weight excluding hydrogens is 214 g/mol. The first-order chi connectivity index (χ1) is 7.81. The van der Waals surface area contributed by atoms with Gasteiger partial charge in [-0.3, -0.25) is 0 Å². The molecule has 1 N–H and O–H groups in total. The molecule has 0 unspecified atom stereocenters. The van der Waals surface area contributed by atoms with Crippen LogP contribution < -0.4 is 0 Å². The number of rotatable bonds is 1. The minimum atomic E-state index is -0.833. The standard InChI is InChI=1S/C14H21NO2/c1-9-7-11(17-15-9)14(16)8-10-5-6-13(14,4)12(10,2)3/h7,10,16H,5-6,8H2,1-4H3/t10-,13-,14+/m1/s1. The normalized spacial score (nSPS) is 43.2. The molecule has 0 spiro atoms. The highest BCUT2D eigenvalue weighted by atomic mass is 16.5. The highest BCUT2D eigenvalue weighted by molar-refractivity contribution is 5.26. The monoisotopic (exact) mass is 235 g/mol. The Balaban J connectivity index is 2.12. The summed E-state index contributed by atoms with van der Waals surface area (Å²) in [5.41, 5.74) is 0.0809. The lowest BCUT2D eigenvalue weighted by Crippen LogP contribution is -2.44. The van der Waals surface area contributed by atoms with E-state index in [-0.39, 0.29) is 10.8 Å². The molecule has 94 valence electrons. The van der Waals surface area contributed by atoms with E-state index >= 15 is 0 Å². The van der Waals surface area contributed by atoms with Crippen molar-refractivity contribution < 1.29 is 9.63 Å². The first-order valence-corrected chi connectivity index (χ1v) is 6.47. The molecule has 2 fully saturated rings. The van der Waals surface area contributed by atoms with Crippen molar-refractivity contribution in [1.29, 1.82) is 0 Å². The van der Waals surface area contributed by atoms with E-state index < -0.39 is 5.60 Å². The van der Waals surface area contributed by atoms with Gasteiger partial charge in [-0.25, -0.2) is 0 Å². The van der Waals surface area contributed by atoms with Crippen LogP contribution in [-0.4, -0.2) is 10.3 Å². The van der Waals surface area contributed by atoms with Crippen LogP contribution in [-0.2, 0) is 5.60 Å². The maximum absolute atomic E-state index is 11.1. The molecule has 3 atom stereocenters. The van der Waals surface area contributed by atoms with Crippen molar-refractivity contribution in [2.75, 3.05) is 0 Å². The van der Waals surface area contributed by atoms with Crippen LogP contribution in [0.3, 0.4) is 0 Å². The van der Waals surface area contributed by atoms with Gasteiger partial charge in [0, 0.05) is 11.5 Å². The Morgan fingerprint density at radius 2 is 2.12 bits per heavy atom. The van der Waals surface area contributed by atoms with Gasteiger partial charge in [0.1, 0.15) is 5.60 Å². The molecule has 0 aliphatic heterocycles. The Morgan fingerprint density at radius 3 is 2.53 bits per heavy atom. The van der Waals surface area contributed by atoms with Crippen LogP contribution in [0, 0.1) is 23.7 Å². The fourth-order valence-corrected chi connectivity index (χ4v) is 4.21. The maximum atomic E-state index is 11.1. The van der Waals surface area contributed by atoms with E-state index in [2.05, 4.69) is 25.9 Å². The van der Waals surface area contributed by atoms with Gasteiger partial charge in [0.2, 0.25) is 0 Å². The lowest BCUT2D eigenvalue weighted by Gasteiger charge is -2.43. The Bertz CT molecular complexity index is 465.